The van der Waals surface area contributed by atoms with E-state index in [0.29, 0.717) is 0 Å². The summed E-state index contributed by atoms with van der Waals surface area (Å²) in [5.74, 6) is -8.48. The molecule has 2 aliphatic heterocycles. The molecule has 0 aromatic carbocycles. The largest absolute Gasteiger partial charge is 0.394 e. The van der Waals surface area contributed by atoms with Gasteiger partial charge in [0, 0.05) is 0 Å². The predicted octanol–water partition coefficient (Wildman–Crippen LogP) is -5.07. The number of aliphatic hydroxyl groups is 7. The molecule has 2 saturated heterocycles. The van der Waals surface area contributed by atoms with Crippen LogP contribution in [-0.4, -0.2) is 151 Å². The third kappa shape index (κ3) is 6.34. The van der Waals surface area contributed by atoms with Crippen molar-refractivity contribution in [3.8, 4) is 0 Å². The molecule has 2 rings (SSSR count). The van der Waals surface area contributed by atoms with Crippen molar-refractivity contribution in [1.29, 1.82) is 0 Å². The highest BCUT2D eigenvalue weighted by Crippen LogP contribution is 2.47. The Balaban J connectivity index is 2.99. The zero-order chi connectivity index (χ0) is 30.5. The summed E-state index contributed by atoms with van der Waals surface area (Å²) in [4.78, 5) is 37.6. The quantitative estimate of drug-likeness (QED) is 0.0545. The second-order valence-corrected chi connectivity index (χ2v) is 9.70. The highest BCUT2D eigenvalue weighted by molar-refractivity contribution is 6.28. The van der Waals surface area contributed by atoms with Gasteiger partial charge in [-0.05, 0) is 0 Å². The Kier molecular flexibility index (Phi) is 12.4. The SMILES string of the molecule is C=CCO[C@@]1(NC(=O)CCl)O[C@H](CO)[C@](O)(NC(=O)CCl)[C@@](O)([C@H]2O[C@H](CO)[C@@H](O)[C@H](O)[C@H]2O)[C@H]1NC(=O)CCl. The number of carbonyl (C=O) groups excluding carboxylic acids is 3. The molecule has 0 aromatic heterocycles. The van der Waals surface area contributed by atoms with Crippen LogP contribution < -0.4 is 16.0 Å². The van der Waals surface area contributed by atoms with Gasteiger partial charge in [0.15, 0.2) is 5.60 Å². The number of hydrogen-bond donors (Lipinski definition) is 10. The van der Waals surface area contributed by atoms with E-state index < -0.39 is 115 Å². The maximum absolute atomic E-state index is 12.6. The molecule has 40 heavy (non-hydrogen) atoms. The lowest BCUT2D eigenvalue weighted by molar-refractivity contribution is -0.420. The van der Waals surface area contributed by atoms with Gasteiger partial charge >= 0.3 is 0 Å². The molecule has 2 fully saturated rings. The molecule has 3 amide bonds. The molecule has 19 heteroatoms. The highest BCUT2D eigenvalue weighted by atomic mass is 35.5. The smallest absolute Gasteiger partial charge is 0.276 e. The normalized spacial score (nSPS) is 39.7. The number of rotatable bonds is 12. The molecule has 2 heterocycles. The molecule has 0 saturated carbocycles. The van der Waals surface area contributed by atoms with Crippen LogP contribution in [0.4, 0.5) is 0 Å². The average molecular weight is 641 g/mol. The van der Waals surface area contributed by atoms with Crippen molar-refractivity contribution in [2.24, 2.45) is 0 Å². The highest BCUT2D eigenvalue weighted by Gasteiger charge is 2.76. The summed E-state index contributed by atoms with van der Waals surface area (Å²) in [5.41, 5.74) is -6.69. The molecule has 0 aliphatic carbocycles. The van der Waals surface area contributed by atoms with Crippen LogP contribution in [0, 0.1) is 0 Å². The Bertz CT molecular complexity index is 935. The van der Waals surface area contributed by atoms with Gasteiger partial charge in [-0.3, -0.25) is 14.4 Å². The third-order valence-electron chi connectivity index (χ3n) is 6.43. The lowest BCUT2D eigenvalue weighted by Gasteiger charge is -2.63. The van der Waals surface area contributed by atoms with Gasteiger partial charge in [0.1, 0.15) is 60.3 Å². The molecule has 16 nitrogen and oxygen atoms in total. The van der Waals surface area contributed by atoms with Crippen molar-refractivity contribution >= 4 is 52.5 Å². The van der Waals surface area contributed by atoms with Crippen molar-refractivity contribution in [1.82, 2.24) is 16.0 Å². The maximum Gasteiger partial charge on any atom is 0.276 e. The van der Waals surface area contributed by atoms with E-state index in [1.807, 2.05) is 5.32 Å². The Morgan fingerprint density at radius 2 is 1.48 bits per heavy atom. The van der Waals surface area contributed by atoms with E-state index in [0.717, 1.165) is 6.08 Å². The fraction of sp³-hybridized carbons (Fsp3) is 0.762. The summed E-state index contributed by atoms with van der Waals surface area (Å²) in [7, 11) is 0. The molecule has 0 aromatic rings. The lowest BCUT2D eigenvalue weighted by Crippen LogP contribution is -2.92. The number of ether oxygens (including phenoxy) is 3. The van der Waals surface area contributed by atoms with E-state index in [1.165, 1.54) is 0 Å². The summed E-state index contributed by atoms with van der Waals surface area (Å²) in [6.07, 6.45) is -11.5. The summed E-state index contributed by atoms with van der Waals surface area (Å²) in [6, 6.07) is -2.34. The zero-order valence-electron chi connectivity index (χ0n) is 20.8. The molecule has 2 aliphatic rings. The van der Waals surface area contributed by atoms with E-state index >= 15 is 0 Å². The van der Waals surface area contributed by atoms with Crippen molar-refractivity contribution in [2.75, 3.05) is 37.5 Å². The van der Waals surface area contributed by atoms with Crippen LogP contribution in [0.25, 0.3) is 0 Å². The van der Waals surface area contributed by atoms with Crippen molar-refractivity contribution in [3.05, 3.63) is 12.7 Å². The average Bonchev–Trinajstić information content (AvgIpc) is 2.94. The topological polar surface area (TPSA) is 257 Å². The fourth-order valence-electron chi connectivity index (χ4n) is 4.64. The Labute approximate surface area is 242 Å². The van der Waals surface area contributed by atoms with E-state index in [9.17, 15) is 50.1 Å². The van der Waals surface area contributed by atoms with Gasteiger partial charge in [0.25, 0.3) is 5.91 Å². The number of alkyl halides is 3. The lowest BCUT2D eigenvalue weighted by atomic mass is 9.68. The number of amides is 3. The van der Waals surface area contributed by atoms with Crippen LogP contribution in [0.1, 0.15) is 0 Å². The Morgan fingerprint density at radius 1 is 0.900 bits per heavy atom. The molecular formula is C21H32Cl3N3O13. The predicted molar refractivity (Wildman–Crippen MR) is 135 cm³/mol. The van der Waals surface area contributed by atoms with Gasteiger partial charge in [-0.25, -0.2) is 0 Å². The second kappa shape index (κ2) is 14.2. The van der Waals surface area contributed by atoms with E-state index in [4.69, 9.17) is 49.0 Å². The second-order valence-electron chi connectivity index (χ2n) is 8.90. The van der Waals surface area contributed by atoms with Crippen LogP contribution in [-0.2, 0) is 28.6 Å². The molecule has 10 N–H and O–H groups in total. The van der Waals surface area contributed by atoms with Crippen LogP contribution in [0.2, 0.25) is 0 Å². The molecule has 0 bridgehead atoms. The first-order chi connectivity index (χ1) is 18.8. The summed E-state index contributed by atoms with van der Waals surface area (Å²) in [5, 5.41) is 82.4. The van der Waals surface area contributed by atoms with Crippen molar-refractivity contribution in [2.45, 2.75) is 59.9 Å². The molecule has 0 spiro atoms. The van der Waals surface area contributed by atoms with Crippen molar-refractivity contribution in [3.63, 3.8) is 0 Å². The zero-order valence-corrected chi connectivity index (χ0v) is 23.1. The Morgan fingerprint density at radius 3 is 1.98 bits per heavy atom. The van der Waals surface area contributed by atoms with Gasteiger partial charge in [-0.15, -0.1) is 41.4 Å². The van der Waals surface area contributed by atoms with Crippen LogP contribution in [0.15, 0.2) is 12.7 Å². The van der Waals surface area contributed by atoms with E-state index in [2.05, 4.69) is 17.2 Å². The number of halogens is 3. The Hall–Kier alpha value is -1.38. The first kappa shape index (κ1) is 34.8. The van der Waals surface area contributed by atoms with Gasteiger partial charge in [0.05, 0.1) is 19.8 Å². The first-order valence-electron chi connectivity index (χ1n) is 11.6. The standard InChI is InChI=1S/C21H32Cl3N3O13/c1-2-3-38-21(27-13(32)6-24)18(25-11(30)4-22)19(36,17-16(35)15(34)14(33)9(7-28)39-17)20(37,10(8-29)40-21)26-12(31)5-23/h2,9-10,14-18,28-29,33-37H,1,3-8H2,(H,25,30)(H,26,31)(H,27,32)/t9-,10-,14-,15+,16-,17+,18-,19-,20-,21-/m1/s1. The maximum atomic E-state index is 12.6. The fourth-order valence-corrected chi connectivity index (χ4v) is 4.86. The first-order valence-corrected chi connectivity index (χ1v) is 13.2. The molecule has 10 atom stereocenters. The minimum absolute atomic E-state index is 0.495. The monoisotopic (exact) mass is 639 g/mol. The van der Waals surface area contributed by atoms with Gasteiger partial charge in [0.2, 0.25) is 23.4 Å². The van der Waals surface area contributed by atoms with Gasteiger partial charge in [-0.2, -0.15) is 0 Å². The molecule has 0 radical (unpaired) electrons. The van der Waals surface area contributed by atoms with E-state index in [1.54, 1.807) is 0 Å². The van der Waals surface area contributed by atoms with E-state index in [-0.39, 0.29) is 0 Å². The summed E-state index contributed by atoms with van der Waals surface area (Å²) < 4.78 is 16.8. The summed E-state index contributed by atoms with van der Waals surface area (Å²) in [6.45, 7) is 0.723. The van der Waals surface area contributed by atoms with Gasteiger partial charge < -0.3 is 65.9 Å². The minimum Gasteiger partial charge on any atom is -0.394 e. The minimum atomic E-state index is -3.39. The molecular weight excluding hydrogens is 609 g/mol. The third-order valence-corrected chi connectivity index (χ3v) is 7.16. The number of nitrogens with one attached hydrogen (secondary N) is 3. The summed E-state index contributed by atoms with van der Waals surface area (Å²) >= 11 is 16.9. The molecule has 0 unspecified atom stereocenters. The van der Waals surface area contributed by atoms with Gasteiger partial charge in [-0.1, -0.05) is 6.08 Å². The molecule has 230 valence electrons. The number of carbonyl (C=O) groups is 3. The van der Waals surface area contributed by atoms with Crippen LogP contribution in [0.5, 0.6) is 0 Å². The van der Waals surface area contributed by atoms with Crippen LogP contribution in [0.3, 0.4) is 0 Å². The number of aliphatic hydroxyl groups excluding tert-OH is 5. The van der Waals surface area contributed by atoms with Crippen LogP contribution >= 0.6 is 34.8 Å². The van der Waals surface area contributed by atoms with Crippen molar-refractivity contribution < 1.29 is 64.3 Å². The number of hydrogen-bond acceptors (Lipinski definition) is 13.